The van der Waals surface area contributed by atoms with E-state index >= 15 is 0 Å². The minimum Gasteiger partial charge on any atom is -0.481 e. The Balaban J connectivity index is 1.91. The lowest BCUT2D eigenvalue weighted by atomic mass is 10.2. The number of anilines is 1. The maximum absolute atomic E-state index is 12.0. The van der Waals surface area contributed by atoms with E-state index in [1.807, 2.05) is 11.8 Å². The molecule has 1 unspecified atom stereocenters. The molecule has 1 aliphatic rings. The van der Waals surface area contributed by atoms with Crippen molar-refractivity contribution in [1.29, 1.82) is 0 Å². The van der Waals surface area contributed by atoms with Crippen LogP contribution in [0, 0.1) is 0 Å². The van der Waals surface area contributed by atoms with Gasteiger partial charge in [-0.05, 0) is 24.3 Å². The lowest BCUT2D eigenvalue weighted by Crippen LogP contribution is -2.39. The highest BCUT2D eigenvalue weighted by Gasteiger charge is 2.23. The van der Waals surface area contributed by atoms with Crippen LogP contribution in [0.5, 0.6) is 0 Å². The zero-order valence-electron chi connectivity index (χ0n) is 11.2. The predicted molar refractivity (Wildman–Crippen MR) is 78.1 cm³/mol. The van der Waals surface area contributed by atoms with Crippen LogP contribution in [-0.2, 0) is 11.2 Å². The Hall–Kier alpha value is -1.76. The molecule has 2 N–H and O–H groups in total. The topological polar surface area (TPSA) is 82.5 Å². The molecule has 0 radical (unpaired) electrons. The average Bonchev–Trinajstić information content (AvgIpc) is 2.93. The maximum atomic E-state index is 12.0. The molecule has 2 amide bonds. The number of pyridine rings is 1. The summed E-state index contributed by atoms with van der Waals surface area (Å²) in [6.07, 6.45) is 2.38. The van der Waals surface area contributed by atoms with Crippen molar-refractivity contribution in [3.05, 3.63) is 24.0 Å². The van der Waals surface area contributed by atoms with Gasteiger partial charge in [-0.1, -0.05) is 0 Å². The van der Waals surface area contributed by atoms with E-state index in [1.165, 1.54) is 6.20 Å². The van der Waals surface area contributed by atoms with Gasteiger partial charge in [0.15, 0.2) is 0 Å². The number of aliphatic carboxylic acids is 1. The van der Waals surface area contributed by atoms with Crippen LogP contribution in [-0.4, -0.2) is 51.6 Å². The first-order valence-corrected chi connectivity index (χ1v) is 7.50. The summed E-state index contributed by atoms with van der Waals surface area (Å²) in [6, 6.07) is 3.39. The van der Waals surface area contributed by atoms with Crippen LogP contribution in [0.1, 0.15) is 12.1 Å². The highest BCUT2D eigenvalue weighted by Crippen LogP contribution is 2.21. The second-order valence-electron chi connectivity index (χ2n) is 4.67. The number of amides is 2. The molecule has 1 fully saturated rings. The van der Waals surface area contributed by atoms with Crippen molar-refractivity contribution in [2.45, 2.75) is 18.9 Å². The molecule has 1 atom stereocenters. The van der Waals surface area contributed by atoms with E-state index in [1.54, 1.807) is 24.1 Å². The fourth-order valence-electron chi connectivity index (χ4n) is 1.96. The zero-order valence-corrected chi connectivity index (χ0v) is 12.0. The number of carbonyl (C=O) groups excluding carboxylic acids is 1. The van der Waals surface area contributed by atoms with Crippen molar-refractivity contribution in [3.63, 3.8) is 0 Å². The molecule has 1 aromatic rings. The van der Waals surface area contributed by atoms with Gasteiger partial charge in [-0.25, -0.2) is 4.79 Å². The zero-order chi connectivity index (χ0) is 14.5. The molecule has 108 valence electrons. The maximum Gasteiger partial charge on any atom is 0.321 e. The molecule has 1 aliphatic heterocycles. The lowest BCUT2D eigenvalue weighted by Gasteiger charge is -2.23. The number of nitrogens with zero attached hydrogens (tertiary/aromatic N) is 2. The highest BCUT2D eigenvalue weighted by molar-refractivity contribution is 7.99. The largest absolute Gasteiger partial charge is 0.481 e. The summed E-state index contributed by atoms with van der Waals surface area (Å²) in [5, 5.41) is 11.4. The minimum atomic E-state index is -0.923. The van der Waals surface area contributed by atoms with Gasteiger partial charge in [0, 0.05) is 18.8 Å². The number of nitrogens with one attached hydrogen (secondary N) is 1. The second-order valence-corrected chi connectivity index (χ2v) is 5.82. The summed E-state index contributed by atoms with van der Waals surface area (Å²) in [7, 11) is 1.79. The average molecular weight is 295 g/mol. The molecular weight excluding hydrogens is 278 g/mol. The normalized spacial score (nSPS) is 17.8. The van der Waals surface area contributed by atoms with E-state index in [9.17, 15) is 9.59 Å². The molecule has 0 aliphatic carbocycles. The Morgan fingerprint density at radius 1 is 1.55 bits per heavy atom. The third-order valence-corrected chi connectivity index (χ3v) is 4.33. The van der Waals surface area contributed by atoms with Crippen LogP contribution in [0.25, 0.3) is 0 Å². The van der Waals surface area contributed by atoms with Crippen molar-refractivity contribution in [1.82, 2.24) is 9.88 Å². The Morgan fingerprint density at radius 3 is 2.90 bits per heavy atom. The van der Waals surface area contributed by atoms with Crippen LogP contribution >= 0.6 is 11.8 Å². The number of carboxylic acid groups (broad SMARTS) is 1. The van der Waals surface area contributed by atoms with Crippen molar-refractivity contribution < 1.29 is 14.7 Å². The van der Waals surface area contributed by atoms with Crippen LogP contribution in [0.3, 0.4) is 0 Å². The molecule has 0 aromatic carbocycles. The molecule has 6 nitrogen and oxygen atoms in total. The fraction of sp³-hybridized carbons (Fsp3) is 0.462. The molecule has 2 rings (SSSR count). The van der Waals surface area contributed by atoms with Gasteiger partial charge >= 0.3 is 12.0 Å². The number of thioether (sulfide) groups is 1. The Bertz CT molecular complexity index is 486. The van der Waals surface area contributed by atoms with E-state index < -0.39 is 5.97 Å². The van der Waals surface area contributed by atoms with E-state index in [0.717, 1.165) is 17.9 Å². The van der Waals surface area contributed by atoms with Gasteiger partial charge in [0.25, 0.3) is 0 Å². The minimum absolute atomic E-state index is 0.118. The van der Waals surface area contributed by atoms with E-state index in [4.69, 9.17) is 5.11 Å². The van der Waals surface area contributed by atoms with Gasteiger partial charge in [-0.2, -0.15) is 11.8 Å². The SMILES string of the molecule is CN(C(=O)Nc1ccc(CC(=O)O)nc1)C1CCSC1. The number of urea groups is 1. The monoisotopic (exact) mass is 295 g/mol. The van der Waals surface area contributed by atoms with Gasteiger partial charge in [0.1, 0.15) is 0 Å². The van der Waals surface area contributed by atoms with Crippen molar-refractivity contribution in [2.75, 3.05) is 23.9 Å². The molecule has 7 heteroatoms. The molecule has 1 saturated heterocycles. The van der Waals surface area contributed by atoms with Crippen LogP contribution in [0.15, 0.2) is 18.3 Å². The number of aromatic nitrogens is 1. The Morgan fingerprint density at radius 2 is 2.35 bits per heavy atom. The summed E-state index contributed by atoms with van der Waals surface area (Å²) >= 11 is 1.85. The lowest BCUT2D eigenvalue weighted by molar-refractivity contribution is -0.136. The second kappa shape index (κ2) is 6.60. The van der Waals surface area contributed by atoms with E-state index in [0.29, 0.717) is 11.4 Å². The van der Waals surface area contributed by atoms with Crippen LogP contribution in [0.4, 0.5) is 10.5 Å². The van der Waals surface area contributed by atoms with Crippen molar-refractivity contribution in [2.24, 2.45) is 0 Å². The number of hydrogen-bond donors (Lipinski definition) is 2. The van der Waals surface area contributed by atoms with Gasteiger partial charge < -0.3 is 15.3 Å². The number of hydrogen-bond acceptors (Lipinski definition) is 4. The smallest absolute Gasteiger partial charge is 0.321 e. The van der Waals surface area contributed by atoms with E-state index in [-0.39, 0.29) is 18.5 Å². The molecule has 1 aromatic heterocycles. The number of rotatable bonds is 4. The highest BCUT2D eigenvalue weighted by atomic mass is 32.2. The van der Waals surface area contributed by atoms with Gasteiger partial charge in [-0.3, -0.25) is 9.78 Å². The number of carboxylic acids is 1. The van der Waals surface area contributed by atoms with Crippen molar-refractivity contribution in [3.8, 4) is 0 Å². The summed E-state index contributed by atoms with van der Waals surface area (Å²) in [5.41, 5.74) is 1.04. The Kier molecular flexibility index (Phi) is 4.84. The number of carbonyl (C=O) groups is 2. The summed E-state index contributed by atoms with van der Waals surface area (Å²) in [4.78, 5) is 28.3. The molecule has 0 bridgehead atoms. The van der Waals surface area contributed by atoms with E-state index in [2.05, 4.69) is 10.3 Å². The van der Waals surface area contributed by atoms with Crippen molar-refractivity contribution >= 4 is 29.4 Å². The van der Waals surface area contributed by atoms with Crippen LogP contribution in [0.2, 0.25) is 0 Å². The third-order valence-electron chi connectivity index (χ3n) is 3.18. The summed E-state index contributed by atoms with van der Waals surface area (Å²) in [6.45, 7) is 0. The Labute approximate surface area is 121 Å². The fourth-order valence-corrected chi connectivity index (χ4v) is 3.23. The molecular formula is C13H17N3O3S. The third kappa shape index (κ3) is 3.86. The first-order valence-electron chi connectivity index (χ1n) is 6.34. The molecule has 2 heterocycles. The quantitative estimate of drug-likeness (QED) is 0.883. The van der Waals surface area contributed by atoms with Gasteiger partial charge in [-0.15, -0.1) is 0 Å². The standard InChI is InChI=1S/C13H17N3O3S/c1-16(11-4-5-20-8-11)13(19)15-10-3-2-9(14-7-10)6-12(17)18/h2-3,7,11H,4-6,8H2,1H3,(H,15,19)(H,17,18). The first kappa shape index (κ1) is 14.6. The first-order chi connectivity index (χ1) is 9.56. The summed E-state index contributed by atoms with van der Waals surface area (Å²) < 4.78 is 0. The summed E-state index contributed by atoms with van der Waals surface area (Å²) in [5.74, 6) is 1.14. The molecule has 20 heavy (non-hydrogen) atoms. The van der Waals surface area contributed by atoms with Gasteiger partial charge in [0.2, 0.25) is 0 Å². The van der Waals surface area contributed by atoms with Gasteiger partial charge in [0.05, 0.1) is 24.0 Å². The predicted octanol–water partition coefficient (Wildman–Crippen LogP) is 1.68. The molecule has 0 saturated carbocycles. The van der Waals surface area contributed by atoms with Crippen LogP contribution < -0.4 is 5.32 Å². The molecule has 0 spiro atoms.